The first-order valence-electron chi connectivity index (χ1n) is 7.39. The maximum atomic E-state index is 11.7. The lowest BCUT2D eigenvalue weighted by atomic mass is 9.80. The fourth-order valence-corrected chi connectivity index (χ4v) is 3.08. The summed E-state index contributed by atoms with van der Waals surface area (Å²) in [4.78, 5) is 11.7. The Bertz CT molecular complexity index is 312. The minimum Gasteiger partial charge on any atom is -0.444 e. The molecule has 1 heterocycles. The highest BCUT2D eigenvalue weighted by Crippen LogP contribution is 2.25. The molecule has 2 aliphatic rings. The Kier molecular flexibility index (Phi) is 4.68. The molecular formula is C14H27N3O2. The van der Waals surface area contributed by atoms with Gasteiger partial charge in [-0.1, -0.05) is 6.42 Å². The van der Waals surface area contributed by atoms with Crippen LogP contribution in [0.5, 0.6) is 0 Å². The second-order valence-electron chi connectivity index (χ2n) is 6.61. The van der Waals surface area contributed by atoms with Crippen LogP contribution in [0, 0.1) is 5.92 Å². The number of fused-ring (bicyclic) bond motifs is 1. The predicted octanol–water partition coefficient (Wildman–Crippen LogP) is 1.24. The molecule has 3 N–H and O–H groups in total. The first-order valence-corrected chi connectivity index (χ1v) is 7.39. The summed E-state index contributed by atoms with van der Waals surface area (Å²) in [5.41, 5.74) is -0.427. The number of ether oxygens (including phenoxy) is 1. The molecule has 110 valence electrons. The van der Waals surface area contributed by atoms with Gasteiger partial charge in [-0.15, -0.1) is 0 Å². The molecule has 1 saturated carbocycles. The van der Waals surface area contributed by atoms with E-state index in [4.69, 9.17) is 4.74 Å². The summed E-state index contributed by atoms with van der Waals surface area (Å²) >= 11 is 0. The van der Waals surface area contributed by atoms with Gasteiger partial charge in [0.25, 0.3) is 0 Å². The minimum atomic E-state index is -0.427. The molecule has 0 spiro atoms. The predicted molar refractivity (Wildman–Crippen MR) is 75.2 cm³/mol. The number of hydrogen-bond acceptors (Lipinski definition) is 4. The first-order chi connectivity index (χ1) is 8.96. The van der Waals surface area contributed by atoms with Crippen LogP contribution in [-0.2, 0) is 4.74 Å². The number of rotatable bonds is 2. The summed E-state index contributed by atoms with van der Waals surface area (Å²) in [6.07, 6.45) is 3.33. The van der Waals surface area contributed by atoms with Crippen molar-refractivity contribution in [3.8, 4) is 0 Å². The van der Waals surface area contributed by atoms with Crippen LogP contribution in [-0.4, -0.2) is 43.4 Å². The number of nitrogens with one attached hydrogen (secondary N) is 3. The van der Waals surface area contributed by atoms with E-state index >= 15 is 0 Å². The second kappa shape index (κ2) is 6.09. The topological polar surface area (TPSA) is 62.4 Å². The Balaban J connectivity index is 1.79. The van der Waals surface area contributed by atoms with E-state index < -0.39 is 5.60 Å². The van der Waals surface area contributed by atoms with Crippen molar-refractivity contribution >= 4 is 6.09 Å². The number of alkyl carbamates (subject to hydrolysis) is 1. The zero-order valence-electron chi connectivity index (χ0n) is 12.3. The van der Waals surface area contributed by atoms with E-state index in [0.717, 1.165) is 13.1 Å². The number of amides is 1. The first kappa shape index (κ1) is 14.6. The molecule has 5 nitrogen and oxygen atoms in total. The molecular weight excluding hydrogens is 242 g/mol. The molecule has 19 heavy (non-hydrogen) atoms. The van der Waals surface area contributed by atoms with E-state index in [1.54, 1.807) is 0 Å². The Morgan fingerprint density at radius 2 is 2.00 bits per heavy atom. The van der Waals surface area contributed by atoms with Gasteiger partial charge in [-0.3, -0.25) is 0 Å². The van der Waals surface area contributed by atoms with Gasteiger partial charge < -0.3 is 20.7 Å². The maximum absolute atomic E-state index is 11.7. The van der Waals surface area contributed by atoms with Gasteiger partial charge in [0.2, 0.25) is 0 Å². The van der Waals surface area contributed by atoms with E-state index in [0.29, 0.717) is 24.5 Å². The van der Waals surface area contributed by atoms with Crippen LogP contribution in [0.4, 0.5) is 4.79 Å². The summed E-state index contributed by atoms with van der Waals surface area (Å²) < 4.78 is 5.28. The van der Waals surface area contributed by atoms with Gasteiger partial charge in [-0.05, 0) is 39.5 Å². The molecule has 2 fully saturated rings. The Hall–Kier alpha value is -0.810. The quantitative estimate of drug-likeness (QED) is 0.706. The molecule has 1 aliphatic carbocycles. The normalized spacial score (nSPS) is 31.4. The average molecular weight is 269 g/mol. The molecule has 3 atom stereocenters. The number of carbonyl (C=O) groups excluding carboxylic acids is 1. The van der Waals surface area contributed by atoms with Gasteiger partial charge in [0.1, 0.15) is 5.60 Å². The highest BCUT2D eigenvalue weighted by molar-refractivity contribution is 5.67. The van der Waals surface area contributed by atoms with Crippen LogP contribution in [0.3, 0.4) is 0 Å². The van der Waals surface area contributed by atoms with E-state index in [-0.39, 0.29) is 6.09 Å². The highest BCUT2D eigenvalue weighted by Gasteiger charge is 2.34. The lowest BCUT2D eigenvalue weighted by molar-refractivity contribution is 0.0504. The van der Waals surface area contributed by atoms with Crippen molar-refractivity contribution in [1.29, 1.82) is 0 Å². The molecule has 0 bridgehead atoms. The van der Waals surface area contributed by atoms with Gasteiger partial charge in [-0.25, -0.2) is 4.79 Å². The standard InChI is InChI=1S/C14H27N3O2/c1-14(2,3)19-13(18)17-9-10-5-4-6-11-12(10)16-8-7-15-11/h10-12,15-16H,4-9H2,1-3H3,(H,17,18). The van der Waals surface area contributed by atoms with Gasteiger partial charge in [0, 0.05) is 31.7 Å². The van der Waals surface area contributed by atoms with Gasteiger partial charge in [-0.2, -0.15) is 0 Å². The third-order valence-corrected chi connectivity index (χ3v) is 3.85. The smallest absolute Gasteiger partial charge is 0.407 e. The fraction of sp³-hybridized carbons (Fsp3) is 0.929. The van der Waals surface area contributed by atoms with Crippen molar-refractivity contribution in [1.82, 2.24) is 16.0 Å². The molecule has 2 rings (SSSR count). The van der Waals surface area contributed by atoms with Crippen molar-refractivity contribution in [3.05, 3.63) is 0 Å². The summed E-state index contributed by atoms with van der Waals surface area (Å²) in [6.45, 7) is 8.42. The van der Waals surface area contributed by atoms with Crippen molar-refractivity contribution in [2.45, 2.75) is 57.7 Å². The lowest BCUT2D eigenvalue weighted by Gasteiger charge is -2.42. The molecule has 0 radical (unpaired) electrons. The lowest BCUT2D eigenvalue weighted by Crippen LogP contribution is -2.61. The van der Waals surface area contributed by atoms with Crippen LogP contribution >= 0.6 is 0 Å². The van der Waals surface area contributed by atoms with Crippen LogP contribution < -0.4 is 16.0 Å². The van der Waals surface area contributed by atoms with Crippen molar-refractivity contribution in [2.75, 3.05) is 19.6 Å². The summed E-state index contributed by atoms with van der Waals surface area (Å²) in [6, 6.07) is 1.05. The third-order valence-electron chi connectivity index (χ3n) is 3.85. The van der Waals surface area contributed by atoms with Crippen molar-refractivity contribution in [3.63, 3.8) is 0 Å². The van der Waals surface area contributed by atoms with Crippen LogP contribution in [0.1, 0.15) is 40.0 Å². The summed E-state index contributed by atoms with van der Waals surface area (Å²) in [7, 11) is 0. The molecule has 1 saturated heterocycles. The minimum absolute atomic E-state index is 0.307. The van der Waals surface area contributed by atoms with Gasteiger partial charge >= 0.3 is 6.09 Å². The second-order valence-corrected chi connectivity index (χ2v) is 6.61. The molecule has 0 aromatic carbocycles. The Morgan fingerprint density at radius 1 is 1.26 bits per heavy atom. The monoisotopic (exact) mass is 269 g/mol. The van der Waals surface area contributed by atoms with Crippen LogP contribution in [0.2, 0.25) is 0 Å². The molecule has 3 unspecified atom stereocenters. The fourth-order valence-electron chi connectivity index (χ4n) is 3.08. The van der Waals surface area contributed by atoms with Gasteiger partial charge in [0.15, 0.2) is 0 Å². The summed E-state index contributed by atoms with van der Waals surface area (Å²) in [5, 5.41) is 10.1. The highest BCUT2D eigenvalue weighted by atomic mass is 16.6. The van der Waals surface area contributed by atoms with Crippen LogP contribution in [0.25, 0.3) is 0 Å². The van der Waals surface area contributed by atoms with Crippen molar-refractivity contribution in [2.24, 2.45) is 5.92 Å². The van der Waals surface area contributed by atoms with E-state index in [1.807, 2.05) is 20.8 Å². The molecule has 0 aromatic heterocycles. The summed E-state index contributed by atoms with van der Waals surface area (Å²) in [5.74, 6) is 0.499. The van der Waals surface area contributed by atoms with Crippen LogP contribution in [0.15, 0.2) is 0 Å². The van der Waals surface area contributed by atoms with Crippen molar-refractivity contribution < 1.29 is 9.53 Å². The average Bonchev–Trinajstić information content (AvgIpc) is 2.34. The SMILES string of the molecule is CC(C)(C)OC(=O)NCC1CCCC2NCCNC12. The number of piperazine rings is 1. The van der Waals surface area contributed by atoms with E-state index in [9.17, 15) is 4.79 Å². The Labute approximate surface area is 115 Å². The molecule has 5 heteroatoms. The Morgan fingerprint density at radius 3 is 2.74 bits per heavy atom. The molecule has 1 amide bonds. The zero-order chi connectivity index (χ0) is 13.9. The van der Waals surface area contributed by atoms with E-state index in [2.05, 4.69) is 16.0 Å². The molecule has 1 aliphatic heterocycles. The maximum Gasteiger partial charge on any atom is 0.407 e. The van der Waals surface area contributed by atoms with E-state index in [1.165, 1.54) is 19.3 Å². The third kappa shape index (κ3) is 4.35. The number of carbonyl (C=O) groups is 1. The number of hydrogen-bond donors (Lipinski definition) is 3. The molecule has 0 aromatic rings. The zero-order valence-corrected chi connectivity index (χ0v) is 12.3. The largest absolute Gasteiger partial charge is 0.444 e. The van der Waals surface area contributed by atoms with Gasteiger partial charge in [0.05, 0.1) is 0 Å².